The average molecular weight is 727 g/mol. The second kappa shape index (κ2) is 24.1. The number of rotatable bonds is 23. The van der Waals surface area contributed by atoms with Gasteiger partial charge in [-0.25, -0.2) is 19.2 Å². The van der Waals surface area contributed by atoms with Crippen LogP contribution in [-0.2, 0) is 41.7 Å². The third kappa shape index (κ3) is 16.7. The third-order valence-electron chi connectivity index (χ3n) is 7.99. The molecule has 0 saturated carbocycles. The Morgan fingerprint density at radius 1 is 0.712 bits per heavy atom. The van der Waals surface area contributed by atoms with Gasteiger partial charge in [0, 0.05) is 13.0 Å². The van der Waals surface area contributed by atoms with Crippen LogP contribution in [0.4, 0.5) is 9.59 Å². The molecule has 0 aliphatic carbocycles. The summed E-state index contributed by atoms with van der Waals surface area (Å²) in [6.45, 7) is 5.91. The van der Waals surface area contributed by atoms with E-state index in [1.165, 1.54) is 0 Å². The fraction of sp³-hybridized carbons (Fsp3) is 0.514. The van der Waals surface area contributed by atoms with Crippen molar-refractivity contribution in [3.63, 3.8) is 0 Å². The summed E-state index contributed by atoms with van der Waals surface area (Å²) in [6.07, 6.45) is 1.62. The van der Waals surface area contributed by atoms with Crippen molar-refractivity contribution in [2.24, 2.45) is 11.7 Å². The van der Waals surface area contributed by atoms with Crippen molar-refractivity contribution in [2.45, 2.75) is 96.5 Å². The highest BCUT2D eigenvalue weighted by Gasteiger charge is 2.32. The normalized spacial score (nSPS) is 13.1. The number of esters is 1. The summed E-state index contributed by atoms with van der Waals surface area (Å²) in [4.78, 5) is 77.0. The zero-order chi connectivity index (χ0) is 38.3. The lowest BCUT2D eigenvalue weighted by Crippen LogP contribution is -2.59. The lowest BCUT2D eigenvalue weighted by molar-refractivity contribution is -0.147. The van der Waals surface area contributed by atoms with Crippen molar-refractivity contribution in [1.82, 2.24) is 26.6 Å². The number of carboxylic acids is 1. The van der Waals surface area contributed by atoms with E-state index >= 15 is 0 Å². The van der Waals surface area contributed by atoms with Gasteiger partial charge in [-0.1, -0.05) is 74.5 Å². The van der Waals surface area contributed by atoms with Crippen LogP contribution < -0.4 is 32.3 Å². The van der Waals surface area contributed by atoms with Crippen LogP contribution in [0.2, 0.25) is 0 Å². The minimum absolute atomic E-state index is 0.0940. The van der Waals surface area contributed by atoms with Crippen LogP contribution in [0.5, 0.6) is 0 Å². The number of amides is 5. The largest absolute Gasteiger partial charge is 0.480 e. The Kier molecular flexibility index (Phi) is 19.9. The highest BCUT2D eigenvalue weighted by Crippen LogP contribution is 2.10. The molecule has 0 saturated heterocycles. The Labute approximate surface area is 305 Å². The zero-order valence-electron chi connectivity index (χ0n) is 30.2. The number of unbranched alkanes of at least 4 members (excludes halogenated alkanes) is 2. The zero-order valence-corrected chi connectivity index (χ0v) is 30.2. The first-order valence-electron chi connectivity index (χ1n) is 17.7. The minimum atomic E-state index is -1.23. The predicted molar refractivity (Wildman–Crippen MR) is 194 cm³/mol. The van der Waals surface area contributed by atoms with E-state index in [9.17, 15) is 33.9 Å². The number of alkyl carbamates (subject to hydrolysis) is 1. The summed E-state index contributed by atoms with van der Waals surface area (Å²) < 4.78 is 10.4. The highest BCUT2D eigenvalue weighted by atomic mass is 16.5. The van der Waals surface area contributed by atoms with E-state index in [0.29, 0.717) is 32.2 Å². The van der Waals surface area contributed by atoms with Crippen molar-refractivity contribution in [1.29, 1.82) is 0 Å². The van der Waals surface area contributed by atoms with E-state index in [1.807, 2.05) is 60.7 Å². The first-order chi connectivity index (χ1) is 24.9. The molecule has 15 nitrogen and oxygen atoms in total. The summed E-state index contributed by atoms with van der Waals surface area (Å²) in [5.74, 6) is -3.60. The first-order valence-corrected chi connectivity index (χ1v) is 17.7. The number of nitrogens with one attached hydrogen (secondary N) is 5. The molecule has 0 spiro atoms. The standard InChI is InChI=1S/C37H54N6O9/c1-4-51-35(48)30(23-26-15-7-5-8-16-26)40-33(45)31(25(2)3)43-32(44)28(41-36(49)42-29(34(46)47)20-11-13-21-38)19-12-14-22-39-37(50)52-24-27-17-9-6-10-18-27/h5-10,15-18,25,28-31H,4,11-14,19-24,38H2,1-3H3,(H,39,50)(H,40,45)(H,43,44)(H,46,47)(H2,41,42,49)/t28-,29+,30+,31+/m1/s1. The maximum Gasteiger partial charge on any atom is 0.407 e. The molecule has 0 unspecified atom stereocenters. The van der Waals surface area contributed by atoms with Gasteiger partial charge in [0.05, 0.1) is 6.61 Å². The molecule has 2 rings (SSSR count). The van der Waals surface area contributed by atoms with Gasteiger partial charge in [-0.05, 0) is 69.0 Å². The quantitative estimate of drug-likeness (QED) is 0.0655. The van der Waals surface area contributed by atoms with Crippen LogP contribution in [0.1, 0.15) is 70.4 Å². The fourth-order valence-corrected chi connectivity index (χ4v) is 5.15. The summed E-state index contributed by atoms with van der Waals surface area (Å²) in [7, 11) is 0. The topological polar surface area (TPSA) is 227 Å². The summed E-state index contributed by atoms with van der Waals surface area (Å²) in [6, 6.07) is 12.9. The van der Waals surface area contributed by atoms with Crippen LogP contribution in [0.25, 0.3) is 0 Å². The van der Waals surface area contributed by atoms with Crippen molar-refractivity contribution >= 4 is 35.9 Å². The number of benzene rings is 2. The molecule has 2 aromatic rings. The van der Waals surface area contributed by atoms with Crippen LogP contribution >= 0.6 is 0 Å². The van der Waals surface area contributed by atoms with Gasteiger partial charge in [0.15, 0.2) is 0 Å². The maximum atomic E-state index is 13.7. The van der Waals surface area contributed by atoms with Gasteiger partial charge in [-0.3, -0.25) is 9.59 Å². The Balaban J connectivity index is 2.11. The molecule has 0 radical (unpaired) electrons. The lowest BCUT2D eigenvalue weighted by atomic mass is 10.00. The predicted octanol–water partition coefficient (Wildman–Crippen LogP) is 2.76. The molecule has 8 N–H and O–H groups in total. The number of hydrogen-bond acceptors (Lipinski definition) is 9. The highest BCUT2D eigenvalue weighted by molar-refractivity contribution is 5.94. The van der Waals surface area contributed by atoms with Crippen LogP contribution in [-0.4, -0.2) is 84.8 Å². The number of carbonyl (C=O) groups is 6. The van der Waals surface area contributed by atoms with Gasteiger partial charge in [-0.15, -0.1) is 0 Å². The molecule has 286 valence electrons. The molecule has 0 aliphatic rings. The molecule has 15 heteroatoms. The molecule has 0 aliphatic heterocycles. The summed E-state index contributed by atoms with van der Waals surface area (Å²) in [5.41, 5.74) is 7.14. The second-order valence-electron chi connectivity index (χ2n) is 12.6. The minimum Gasteiger partial charge on any atom is -0.480 e. The summed E-state index contributed by atoms with van der Waals surface area (Å²) in [5, 5.41) is 22.6. The molecule has 4 atom stereocenters. The number of aliphatic carboxylic acids is 1. The Morgan fingerprint density at radius 3 is 1.90 bits per heavy atom. The Bertz CT molecular complexity index is 1410. The SMILES string of the molecule is CCOC(=O)[C@H](Cc1ccccc1)NC(=O)[C@@H](NC(=O)[C@@H](CCCCNC(=O)OCc1ccccc1)NC(=O)N[C@@H](CCCCN)C(=O)O)C(C)C. The van der Waals surface area contributed by atoms with Crippen LogP contribution in [0.15, 0.2) is 60.7 Å². The number of nitrogens with two attached hydrogens (primary N) is 1. The number of ether oxygens (including phenoxy) is 2. The molecule has 0 bridgehead atoms. The van der Waals surface area contributed by atoms with Gasteiger partial charge < -0.3 is 46.9 Å². The van der Waals surface area contributed by atoms with E-state index < -0.39 is 66.0 Å². The average Bonchev–Trinajstić information content (AvgIpc) is 3.12. The van der Waals surface area contributed by atoms with E-state index in [4.69, 9.17) is 15.2 Å². The van der Waals surface area contributed by atoms with Gasteiger partial charge in [-0.2, -0.15) is 0 Å². The Hall–Kier alpha value is -5.18. The number of hydrogen-bond donors (Lipinski definition) is 7. The van der Waals surface area contributed by atoms with Gasteiger partial charge in [0.2, 0.25) is 11.8 Å². The Morgan fingerprint density at radius 2 is 1.31 bits per heavy atom. The summed E-state index contributed by atoms with van der Waals surface area (Å²) >= 11 is 0. The van der Waals surface area contributed by atoms with Gasteiger partial charge in [0.1, 0.15) is 30.8 Å². The fourth-order valence-electron chi connectivity index (χ4n) is 5.15. The van der Waals surface area contributed by atoms with Crippen molar-refractivity contribution in [2.75, 3.05) is 19.7 Å². The van der Waals surface area contributed by atoms with E-state index in [-0.39, 0.29) is 39.0 Å². The molecule has 0 heterocycles. The van der Waals surface area contributed by atoms with Crippen LogP contribution in [0.3, 0.4) is 0 Å². The molecule has 0 fully saturated rings. The molecular formula is C37H54N6O9. The molecular weight excluding hydrogens is 672 g/mol. The monoisotopic (exact) mass is 726 g/mol. The number of urea groups is 1. The van der Waals surface area contributed by atoms with E-state index in [2.05, 4.69) is 26.6 Å². The lowest BCUT2D eigenvalue weighted by Gasteiger charge is -2.27. The van der Waals surface area contributed by atoms with E-state index in [1.54, 1.807) is 20.8 Å². The molecule has 0 aromatic heterocycles. The molecule has 5 amide bonds. The number of carboxylic acid groups (broad SMARTS) is 1. The van der Waals surface area contributed by atoms with Crippen LogP contribution in [0, 0.1) is 5.92 Å². The molecule has 52 heavy (non-hydrogen) atoms. The number of carbonyl (C=O) groups excluding carboxylic acids is 5. The van der Waals surface area contributed by atoms with Gasteiger partial charge >= 0.3 is 24.1 Å². The van der Waals surface area contributed by atoms with Crippen molar-refractivity contribution in [3.8, 4) is 0 Å². The van der Waals surface area contributed by atoms with Gasteiger partial charge in [0.25, 0.3) is 0 Å². The second-order valence-corrected chi connectivity index (χ2v) is 12.6. The maximum absolute atomic E-state index is 13.7. The third-order valence-corrected chi connectivity index (χ3v) is 7.99. The van der Waals surface area contributed by atoms with E-state index in [0.717, 1.165) is 11.1 Å². The molecule has 2 aromatic carbocycles. The van der Waals surface area contributed by atoms with Crippen molar-refractivity contribution in [3.05, 3.63) is 71.8 Å². The first kappa shape index (κ1) is 43.0. The van der Waals surface area contributed by atoms with Crippen molar-refractivity contribution < 1.29 is 43.3 Å². The smallest absolute Gasteiger partial charge is 0.407 e.